The van der Waals surface area contributed by atoms with Gasteiger partial charge in [0.25, 0.3) is 0 Å². The van der Waals surface area contributed by atoms with Gasteiger partial charge in [0.05, 0.1) is 5.56 Å². The van der Waals surface area contributed by atoms with Crippen LogP contribution in [0.4, 0.5) is 18.9 Å². The largest absolute Gasteiger partial charge is 0.416 e. The van der Waals surface area contributed by atoms with E-state index in [-0.39, 0.29) is 24.4 Å². The smallest absolute Gasteiger partial charge is 0.339 e. The molecule has 1 amide bonds. The van der Waals surface area contributed by atoms with E-state index < -0.39 is 17.6 Å². The second-order valence-corrected chi connectivity index (χ2v) is 6.92. The third-order valence-corrected chi connectivity index (χ3v) is 4.34. The van der Waals surface area contributed by atoms with Crippen LogP contribution in [0.25, 0.3) is 11.4 Å². The van der Waals surface area contributed by atoms with E-state index >= 15 is 0 Å². The highest BCUT2D eigenvalue weighted by atomic mass is 19.4. The highest BCUT2D eigenvalue weighted by Gasteiger charge is 2.30. The summed E-state index contributed by atoms with van der Waals surface area (Å²) in [5, 5.41) is 6.37. The van der Waals surface area contributed by atoms with Gasteiger partial charge in [0.2, 0.25) is 17.6 Å². The molecule has 8 heteroatoms. The van der Waals surface area contributed by atoms with E-state index in [9.17, 15) is 18.0 Å². The Morgan fingerprint density at radius 2 is 1.86 bits per heavy atom. The lowest BCUT2D eigenvalue weighted by atomic mass is 10.0. The summed E-state index contributed by atoms with van der Waals surface area (Å²) in [7, 11) is 0. The van der Waals surface area contributed by atoms with Crippen LogP contribution in [0.2, 0.25) is 0 Å². The molecule has 0 aliphatic carbocycles. The van der Waals surface area contributed by atoms with Crippen LogP contribution >= 0.6 is 0 Å². The van der Waals surface area contributed by atoms with Crippen LogP contribution in [-0.4, -0.2) is 16.0 Å². The van der Waals surface area contributed by atoms with Gasteiger partial charge in [-0.05, 0) is 29.7 Å². The molecule has 0 aliphatic rings. The Morgan fingerprint density at radius 3 is 2.52 bits per heavy atom. The predicted molar refractivity (Wildman–Crippen MR) is 102 cm³/mol. The predicted octanol–water partition coefficient (Wildman–Crippen LogP) is 5.45. The molecule has 0 aliphatic heterocycles. The van der Waals surface area contributed by atoms with Crippen molar-refractivity contribution in [3.63, 3.8) is 0 Å². The summed E-state index contributed by atoms with van der Waals surface area (Å²) in [6.07, 6.45) is -4.28. The molecule has 29 heavy (non-hydrogen) atoms. The van der Waals surface area contributed by atoms with E-state index in [1.807, 2.05) is 24.3 Å². The van der Waals surface area contributed by atoms with Gasteiger partial charge in [-0.3, -0.25) is 4.79 Å². The summed E-state index contributed by atoms with van der Waals surface area (Å²) in [5.41, 5.74) is 1.27. The number of rotatable bonds is 6. The third kappa shape index (κ3) is 5.43. The van der Waals surface area contributed by atoms with Crippen molar-refractivity contribution in [2.24, 2.45) is 0 Å². The lowest BCUT2D eigenvalue weighted by Gasteiger charge is -2.09. The minimum absolute atomic E-state index is 0.00413. The Morgan fingerprint density at radius 1 is 1.14 bits per heavy atom. The van der Waals surface area contributed by atoms with E-state index in [0.29, 0.717) is 11.7 Å². The maximum absolute atomic E-state index is 12.7. The Labute approximate surface area is 165 Å². The lowest BCUT2D eigenvalue weighted by Crippen LogP contribution is -2.13. The van der Waals surface area contributed by atoms with Gasteiger partial charge in [-0.15, -0.1) is 0 Å². The quantitative estimate of drug-likeness (QED) is 0.594. The average Bonchev–Trinajstić information content (AvgIpc) is 3.15. The molecular formula is C21H20F3N3O2. The molecule has 1 aromatic heterocycles. The number of nitrogens with one attached hydrogen (secondary N) is 1. The van der Waals surface area contributed by atoms with E-state index in [1.165, 1.54) is 17.7 Å². The number of carbonyl (C=O) groups excluding carboxylic acids is 1. The van der Waals surface area contributed by atoms with Crippen molar-refractivity contribution in [3.05, 3.63) is 65.5 Å². The molecule has 5 nitrogen and oxygen atoms in total. The maximum Gasteiger partial charge on any atom is 0.416 e. The van der Waals surface area contributed by atoms with Gasteiger partial charge in [-0.2, -0.15) is 18.2 Å². The van der Waals surface area contributed by atoms with Crippen LogP contribution in [0.3, 0.4) is 0 Å². The fraction of sp³-hybridized carbons (Fsp3) is 0.286. The molecule has 0 fully saturated rings. The topological polar surface area (TPSA) is 68.0 Å². The van der Waals surface area contributed by atoms with Gasteiger partial charge in [0.15, 0.2) is 0 Å². The Hall–Kier alpha value is -3.16. The van der Waals surface area contributed by atoms with Crippen molar-refractivity contribution in [2.45, 2.75) is 38.8 Å². The molecule has 3 aromatic rings. The minimum atomic E-state index is -4.46. The Kier molecular flexibility index (Phi) is 6.00. The number of benzene rings is 2. The number of hydrogen-bond acceptors (Lipinski definition) is 4. The molecule has 0 saturated heterocycles. The first kappa shape index (κ1) is 20.6. The highest BCUT2D eigenvalue weighted by molar-refractivity contribution is 5.90. The number of halogens is 3. The first-order valence-electron chi connectivity index (χ1n) is 9.12. The number of amides is 1. The van der Waals surface area contributed by atoms with Crippen LogP contribution < -0.4 is 5.32 Å². The molecule has 1 N–H and O–H groups in total. The van der Waals surface area contributed by atoms with Crippen molar-refractivity contribution < 1.29 is 22.5 Å². The molecule has 2 aromatic carbocycles. The van der Waals surface area contributed by atoms with E-state index in [4.69, 9.17) is 4.52 Å². The lowest BCUT2D eigenvalue weighted by molar-refractivity contribution is -0.137. The second-order valence-electron chi connectivity index (χ2n) is 6.92. The third-order valence-electron chi connectivity index (χ3n) is 4.34. The number of carbonyl (C=O) groups is 1. The van der Waals surface area contributed by atoms with E-state index in [1.54, 1.807) is 0 Å². The summed E-state index contributed by atoms with van der Waals surface area (Å²) >= 11 is 0. The number of anilines is 1. The first-order valence-corrected chi connectivity index (χ1v) is 9.12. The summed E-state index contributed by atoms with van der Waals surface area (Å²) in [6.45, 7) is 4.21. The van der Waals surface area contributed by atoms with Crippen LogP contribution in [0.15, 0.2) is 53.1 Å². The number of aryl methyl sites for hydroxylation is 1. The molecule has 0 saturated carbocycles. The monoisotopic (exact) mass is 403 g/mol. The molecule has 0 atom stereocenters. The van der Waals surface area contributed by atoms with Gasteiger partial charge < -0.3 is 9.84 Å². The number of aromatic nitrogens is 2. The summed E-state index contributed by atoms with van der Waals surface area (Å²) in [6, 6.07) is 12.3. The highest BCUT2D eigenvalue weighted by Crippen LogP contribution is 2.30. The fourth-order valence-electron chi connectivity index (χ4n) is 2.71. The minimum Gasteiger partial charge on any atom is -0.339 e. The van der Waals surface area contributed by atoms with Gasteiger partial charge >= 0.3 is 6.18 Å². The zero-order valence-electron chi connectivity index (χ0n) is 16.0. The van der Waals surface area contributed by atoms with Crippen LogP contribution in [0.1, 0.15) is 43.2 Å². The SMILES string of the molecule is CC(C)c1ccc(-c2noc(CCC(=O)Nc3cccc(C(F)(F)F)c3)n2)cc1. The number of alkyl halides is 3. The van der Waals surface area contributed by atoms with Gasteiger partial charge in [0, 0.05) is 24.1 Å². The van der Waals surface area contributed by atoms with Gasteiger partial charge in [-0.25, -0.2) is 0 Å². The van der Waals surface area contributed by atoms with Crippen molar-refractivity contribution in [2.75, 3.05) is 5.32 Å². The molecule has 0 unspecified atom stereocenters. The molecular weight excluding hydrogens is 383 g/mol. The second kappa shape index (κ2) is 8.46. The van der Waals surface area contributed by atoms with Crippen LogP contribution in [0, 0.1) is 0 Å². The normalized spacial score (nSPS) is 11.7. The van der Waals surface area contributed by atoms with Crippen molar-refractivity contribution in [1.82, 2.24) is 10.1 Å². The average molecular weight is 403 g/mol. The number of hydrogen-bond donors (Lipinski definition) is 1. The summed E-state index contributed by atoms with van der Waals surface area (Å²) in [4.78, 5) is 16.3. The molecule has 0 spiro atoms. The zero-order valence-corrected chi connectivity index (χ0v) is 16.0. The summed E-state index contributed by atoms with van der Waals surface area (Å²) < 4.78 is 43.4. The molecule has 1 heterocycles. The standard InChI is InChI=1S/C21H20F3N3O2/c1-13(2)14-6-8-15(9-7-14)20-26-19(29-27-20)11-10-18(28)25-17-5-3-4-16(12-17)21(22,23)24/h3-9,12-13H,10-11H2,1-2H3,(H,25,28). The Bertz CT molecular complexity index is 979. The van der Waals surface area contributed by atoms with Crippen molar-refractivity contribution >= 4 is 11.6 Å². The molecule has 152 valence electrons. The van der Waals surface area contributed by atoms with Crippen molar-refractivity contribution in [1.29, 1.82) is 0 Å². The zero-order chi connectivity index (χ0) is 21.0. The van der Waals surface area contributed by atoms with E-state index in [2.05, 4.69) is 29.3 Å². The number of nitrogens with zero attached hydrogens (tertiary/aromatic N) is 2. The van der Waals surface area contributed by atoms with Crippen molar-refractivity contribution in [3.8, 4) is 11.4 Å². The van der Waals surface area contributed by atoms with E-state index in [0.717, 1.165) is 17.7 Å². The Balaban J connectivity index is 1.57. The summed E-state index contributed by atoms with van der Waals surface area (Å²) in [5.74, 6) is 0.686. The fourth-order valence-corrected chi connectivity index (χ4v) is 2.71. The first-order chi connectivity index (χ1) is 13.7. The molecule has 3 rings (SSSR count). The van der Waals surface area contributed by atoms with Crippen LogP contribution in [0.5, 0.6) is 0 Å². The molecule has 0 bridgehead atoms. The van der Waals surface area contributed by atoms with Crippen LogP contribution in [-0.2, 0) is 17.4 Å². The van der Waals surface area contributed by atoms with Gasteiger partial charge in [0.1, 0.15) is 0 Å². The maximum atomic E-state index is 12.7. The van der Waals surface area contributed by atoms with Gasteiger partial charge in [-0.1, -0.05) is 49.3 Å². The molecule has 0 radical (unpaired) electrons.